The van der Waals surface area contributed by atoms with Gasteiger partial charge in [-0.1, -0.05) is 19.8 Å². The predicted octanol–water partition coefficient (Wildman–Crippen LogP) is 4.46. The Bertz CT molecular complexity index is 590. The monoisotopic (exact) mass is 309 g/mol. The van der Waals surface area contributed by atoms with Gasteiger partial charge >= 0.3 is 0 Å². The van der Waals surface area contributed by atoms with E-state index in [1.165, 1.54) is 30.6 Å². The Morgan fingerprint density at radius 2 is 2.15 bits per heavy atom. The quantitative estimate of drug-likeness (QED) is 0.828. The van der Waals surface area contributed by atoms with Crippen molar-refractivity contribution in [3.05, 3.63) is 17.3 Å². The molecule has 1 aliphatic rings. The maximum atomic E-state index is 6.20. The standard InChI is InChI=1S/C15H20ClN3S/c1-2-11-7-12-13(18-10-19-14(12)20-11)17-9-15(8-16)5-3-4-6-15/h7,10H,2-6,8-9H2,1H3,(H,17,18,19). The number of thiophene rings is 1. The Morgan fingerprint density at radius 1 is 1.35 bits per heavy atom. The average molecular weight is 310 g/mol. The summed E-state index contributed by atoms with van der Waals surface area (Å²) in [5, 5.41) is 4.68. The molecule has 0 bridgehead atoms. The molecule has 0 atom stereocenters. The van der Waals surface area contributed by atoms with Gasteiger partial charge in [0.05, 0.1) is 5.39 Å². The predicted molar refractivity (Wildman–Crippen MR) is 86.9 cm³/mol. The van der Waals surface area contributed by atoms with E-state index in [-0.39, 0.29) is 5.41 Å². The molecule has 1 saturated carbocycles. The number of fused-ring (bicyclic) bond motifs is 1. The highest BCUT2D eigenvalue weighted by Crippen LogP contribution is 2.39. The first-order chi connectivity index (χ1) is 9.76. The number of aromatic nitrogens is 2. The molecule has 0 unspecified atom stereocenters. The number of alkyl halides is 1. The van der Waals surface area contributed by atoms with Crippen LogP contribution in [0.15, 0.2) is 12.4 Å². The van der Waals surface area contributed by atoms with Gasteiger partial charge in [-0.3, -0.25) is 0 Å². The third-order valence-electron chi connectivity index (χ3n) is 4.31. The van der Waals surface area contributed by atoms with Crippen LogP contribution in [0.25, 0.3) is 10.2 Å². The van der Waals surface area contributed by atoms with Gasteiger partial charge in [-0.2, -0.15) is 0 Å². The van der Waals surface area contributed by atoms with Gasteiger partial charge in [0.25, 0.3) is 0 Å². The van der Waals surface area contributed by atoms with Gasteiger partial charge in [0.2, 0.25) is 0 Å². The van der Waals surface area contributed by atoms with E-state index < -0.39 is 0 Å². The van der Waals surface area contributed by atoms with E-state index in [0.717, 1.165) is 34.9 Å². The van der Waals surface area contributed by atoms with Crippen molar-refractivity contribution in [2.75, 3.05) is 17.7 Å². The highest BCUT2D eigenvalue weighted by atomic mass is 35.5. The van der Waals surface area contributed by atoms with Crippen molar-refractivity contribution in [1.82, 2.24) is 9.97 Å². The molecular formula is C15H20ClN3S. The van der Waals surface area contributed by atoms with Crippen molar-refractivity contribution in [2.24, 2.45) is 5.41 Å². The fourth-order valence-corrected chi connectivity index (χ4v) is 4.27. The molecule has 0 aromatic carbocycles. The Balaban J connectivity index is 1.81. The Hall–Kier alpha value is -0.870. The number of halogens is 1. The van der Waals surface area contributed by atoms with Gasteiger partial charge in [-0.25, -0.2) is 9.97 Å². The van der Waals surface area contributed by atoms with Crippen molar-refractivity contribution < 1.29 is 0 Å². The maximum Gasteiger partial charge on any atom is 0.138 e. The normalized spacial score (nSPS) is 17.7. The van der Waals surface area contributed by atoms with E-state index in [9.17, 15) is 0 Å². The Morgan fingerprint density at radius 3 is 2.85 bits per heavy atom. The molecule has 3 nitrogen and oxygen atoms in total. The number of aryl methyl sites for hydroxylation is 1. The van der Waals surface area contributed by atoms with E-state index in [1.807, 2.05) is 0 Å². The summed E-state index contributed by atoms with van der Waals surface area (Å²) in [5.74, 6) is 1.69. The molecule has 1 N–H and O–H groups in total. The summed E-state index contributed by atoms with van der Waals surface area (Å²) in [7, 11) is 0. The number of rotatable bonds is 5. The second kappa shape index (κ2) is 5.86. The number of nitrogens with one attached hydrogen (secondary N) is 1. The summed E-state index contributed by atoms with van der Waals surface area (Å²) in [5.41, 5.74) is 0.252. The van der Waals surface area contributed by atoms with E-state index in [0.29, 0.717) is 0 Å². The largest absolute Gasteiger partial charge is 0.369 e. The number of hydrogen-bond acceptors (Lipinski definition) is 4. The molecule has 1 aliphatic carbocycles. The molecule has 0 spiro atoms. The van der Waals surface area contributed by atoms with Crippen molar-refractivity contribution >= 4 is 39.0 Å². The van der Waals surface area contributed by atoms with Crippen LogP contribution in [0, 0.1) is 5.41 Å². The van der Waals surface area contributed by atoms with Crippen LogP contribution in [0.4, 0.5) is 5.82 Å². The molecule has 108 valence electrons. The molecule has 0 saturated heterocycles. The second-order valence-corrected chi connectivity index (χ2v) is 7.08. The zero-order valence-electron chi connectivity index (χ0n) is 11.8. The number of hydrogen-bond donors (Lipinski definition) is 1. The smallest absolute Gasteiger partial charge is 0.138 e. The van der Waals surface area contributed by atoms with Gasteiger partial charge in [0.15, 0.2) is 0 Å². The summed E-state index contributed by atoms with van der Waals surface area (Å²) < 4.78 is 0. The third-order valence-corrected chi connectivity index (χ3v) is 6.06. The first-order valence-corrected chi connectivity index (χ1v) is 8.65. The average Bonchev–Trinajstić information content (AvgIpc) is 3.12. The molecule has 2 heterocycles. The summed E-state index contributed by atoms with van der Waals surface area (Å²) in [6.07, 6.45) is 7.75. The lowest BCUT2D eigenvalue weighted by atomic mass is 9.88. The van der Waals surface area contributed by atoms with Crippen LogP contribution in [0.2, 0.25) is 0 Å². The number of nitrogens with zero attached hydrogens (tertiary/aromatic N) is 2. The van der Waals surface area contributed by atoms with Gasteiger partial charge in [0, 0.05) is 22.7 Å². The van der Waals surface area contributed by atoms with Gasteiger partial charge in [-0.15, -0.1) is 22.9 Å². The van der Waals surface area contributed by atoms with Gasteiger partial charge < -0.3 is 5.32 Å². The minimum atomic E-state index is 0.252. The summed E-state index contributed by atoms with van der Waals surface area (Å²) >= 11 is 7.96. The Kier molecular flexibility index (Phi) is 4.13. The fourth-order valence-electron chi connectivity index (χ4n) is 2.97. The van der Waals surface area contributed by atoms with E-state index in [4.69, 9.17) is 11.6 Å². The van der Waals surface area contributed by atoms with E-state index in [2.05, 4.69) is 28.3 Å². The van der Waals surface area contributed by atoms with E-state index in [1.54, 1.807) is 17.7 Å². The van der Waals surface area contributed by atoms with Crippen LogP contribution in [-0.2, 0) is 6.42 Å². The van der Waals surface area contributed by atoms with Crippen LogP contribution in [0.5, 0.6) is 0 Å². The highest BCUT2D eigenvalue weighted by Gasteiger charge is 2.33. The molecule has 0 amide bonds. The fraction of sp³-hybridized carbons (Fsp3) is 0.600. The molecule has 1 fully saturated rings. The summed E-state index contributed by atoms with van der Waals surface area (Å²) in [4.78, 5) is 11.2. The third kappa shape index (κ3) is 2.63. The lowest BCUT2D eigenvalue weighted by molar-refractivity contribution is 0.368. The van der Waals surface area contributed by atoms with Crippen LogP contribution in [0.1, 0.15) is 37.5 Å². The van der Waals surface area contributed by atoms with Crippen molar-refractivity contribution in [2.45, 2.75) is 39.0 Å². The molecule has 5 heteroatoms. The lowest BCUT2D eigenvalue weighted by Gasteiger charge is -2.26. The van der Waals surface area contributed by atoms with E-state index >= 15 is 0 Å². The number of anilines is 1. The minimum Gasteiger partial charge on any atom is -0.369 e. The summed E-state index contributed by atoms with van der Waals surface area (Å²) in [6, 6.07) is 2.21. The van der Waals surface area contributed by atoms with Crippen molar-refractivity contribution in [3.63, 3.8) is 0 Å². The highest BCUT2D eigenvalue weighted by molar-refractivity contribution is 7.18. The molecular weight excluding hydrogens is 290 g/mol. The topological polar surface area (TPSA) is 37.8 Å². The minimum absolute atomic E-state index is 0.252. The molecule has 0 aliphatic heterocycles. The first-order valence-electron chi connectivity index (χ1n) is 7.29. The first kappa shape index (κ1) is 14.1. The second-order valence-electron chi connectivity index (χ2n) is 5.70. The lowest BCUT2D eigenvalue weighted by Crippen LogP contribution is -2.28. The van der Waals surface area contributed by atoms with Gasteiger partial charge in [0.1, 0.15) is 17.0 Å². The zero-order valence-corrected chi connectivity index (χ0v) is 13.4. The molecule has 3 rings (SSSR count). The SMILES string of the molecule is CCc1cc2c(NCC3(CCl)CCCC3)ncnc2s1. The molecule has 0 radical (unpaired) electrons. The summed E-state index contributed by atoms with van der Waals surface area (Å²) in [6.45, 7) is 3.09. The molecule has 2 aromatic heterocycles. The van der Waals surface area contributed by atoms with Crippen molar-refractivity contribution in [1.29, 1.82) is 0 Å². The molecule has 20 heavy (non-hydrogen) atoms. The van der Waals surface area contributed by atoms with Crippen LogP contribution in [-0.4, -0.2) is 22.4 Å². The van der Waals surface area contributed by atoms with Crippen LogP contribution in [0.3, 0.4) is 0 Å². The Labute approximate surface area is 128 Å². The zero-order chi connectivity index (χ0) is 14.0. The van der Waals surface area contributed by atoms with Crippen molar-refractivity contribution in [3.8, 4) is 0 Å². The van der Waals surface area contributed by atoms with Crippen LogP contribution < -0.4 is 5.32 Å². The van der Waals surface area contributed by atoms with Gasteiger partial charge in [-0.05, 0) is 25.3 Å². The van der Waals surface area contributed by atoms with Crippen LogP contribution >= 0.6 is 22.9 Å². The maximum absolute atomic E-state index is 6.20. The molecule has 2 aromatic rings.